The second-order valence-electron chi connectivity index (χ2n) is 12.4. The number of fused-ring (bicyclic) bond motifs is 1. The number of nitrogens with one attached hydrogen (secondary N) is 3. The van der Waals surface area contributed by atoms with Gasteiger partial charge in [0.1, 0.15) is 6.04 Å². The van der Waals surface area contributed by atoms with E-state index in [-0.39, 0.29) is 59.2 Å². The van der Waals surface area contributed by atoms with Crippen molar-refractivity contribution in [3.8, 4) is 11.4 Å². The van der Waals surface area contributed by atoms with Gasteiger partial charge in [0.25, 0.3) is 5.91 Å². The van der Waals surface area contributed by atoms with Gasteiger partial charge in [-0.2, -0.15) is 15.2 Å². The molecule has 0 aliphatic rings. The number of benzene rings is 2. The zero-order valence-electron chi connectivity index (χ0n) is 27.2. The number of ketones is 1. The van der Waals surface area contributed by atoms with E-state index in [1.54, 1.807) is 18.2 Å². The molecule has 0 aliphatic carbocycles. The number of anilines is 4. The van der Waals surface area contributed by atoms with Crippen LogP contribution < -0.4 is 27.8 Å². The number of carbonyl (C=O) groups is 3. The lowest BCUT2D eigenvalue weighted by atomic mass is 9.84. The first kappa shape index (κ1) is 34.1. The van der Waals surface area contributed by atoms with Crippen molar-refractivity contribution in [1.82, 2.24) is 45.9 Å². The number of nitrogens with two attached hydrogens (primary N) is 3. The van der Waals surface area contributed by atoms with Gasteiger partial charge in [0.15, 0.2) is 22.8 Å². The fourth-order valence-electron chi connectivity index (χ4n) is 5.12. The van der Waals surface area contributed by atoms with Gasteiger partial charge in [-0.1, -0.05) is 39.3 Å². The highest BCUT2D eigenvalue weighted by molar-refractivity contribution is 6.02. The standard InChI is InChI=1S/C32H37N13O4/c1-32(2,3)16-8-10-19(21(12-16)27-42-44-45-43-27)24(46)7-5-4-6-23(30(48)49)39-29(47)20-11-9-17(13-22(20)33)36-14-18-15-37-28-25(38-18)26(34)40-31(35)41-28/h8-13,15,23,36H,4-7,14,33H2,1-3H3,(H,39,47)(H,48,49)(H,42,43,44,45)(H4,34,35,37,40,41)/t23-/m0/s1. The van der Waals surface area contributed by atoms with Gasteiger partial charge in [0.2, 0.25) is 11.8 Å². The van der Waals surface area contributed by atoms with Crippen LogP contribution in [0.5, 0.6) is 0 Å². The summed E-state index contributed by atoms with van der Waals surface area (Å²) in [5.41, 5.74) is 21.6. The number of aromatic amines is 1. The second-order valence-corrected chi connectivity index (χ2v) is 12.4. The van der Waals surface area contributed by atoms with Crippen molar-refractivity contribution in [2.75, 3.05) is 22.5 Å². The van der Waals surface area contributed by atoms with E-state index >= 15 is 0 Å². The Morgan fingerprint density at radius 3 is 2.45 bits per heavy atom. The minimum atomic E-state index is -1.20. The number of H-pyrrole nitrogens is 1. The smallest absolute Gasteiger partial charge is 0.326 e. The molecule has 5 rings (SSSR count). The number of tetrazole rings is 1. The maximum atomic E-state index is 13.2. The predicted octanol–water partition coefficient (Wildman–Crippen LogP) is 2.88. The molecule has 0 spiro atoms. The van der Waals surface area contributed by atoms with Crippen molar-refractivity contribution in [2.24, 2.45) is 0 Å². The van der Waals surface area contributed by atoms with E-state index in [4.69, 9.17) is 17.2 Å². The Kier molecular flexibility index (Phi) is 9.91. The molecule has 3 heterocycles. The quantitative estimate of drug-likeness (QED) is 0.0540. The minimum absolute atomic E-state index is 0.00141. The summed E-state index contributed by atoms with van der Waals surface area (Å²) in [4.78, 5) is 54.8. The largest absolute Gasteiger partial charge is 0.480 e. The third-order valence-electron chi connectivity index (χ3n) is 7.79. The van der Waals surface area contributed by atoms with Crippen LogP contribution in [-0.2, 0) is 16.8 Å². The minimum Gasteiger partial charge on any atom is -0.480 e. The molecule has 17 nitrogen and oxygen atoms in total. The van der Waals surface area contributed by atoms with E-state index in [1.165, 1.54) is 12.3 Å². The van der Waals surface area contributed by atoms with Crippen LogP contribution in [0, 0.1) is 0 Å². The summed E-state index contributed by atoms with van der Waals surface area (Å²) in [6, 6.07) is 9.07. The summed E-state index contributed by atoms with van der Waals surface area (Å²) < 4.78 is 0. The molecular weight excluding hydrogens is 630 g/mol. The molecule has 10 N–H and O–H groups in total. The molecule has 0 aliphatic heterocycles. The zero-order chi connectivity index (χ0) is 35.3. The third kappa shape index (κ3) is 8.19. The number of carboxylic acid groups (broad SMARTS) is 1. The molecule has 3 aromatic heterocycles. The molecule has 17 heteroatoms. The molecule has 0 unspecified atom stereocenters. The lowest BCUT2D eigenvalue weighted by molar-refractivity contribution is -0.139. The highest BCUT2D eigenvalue weighted by atomic mass is 16.4. The summed E-state index contributed by atoms with van der Waals surface area (Å²) >= 11 is 0. The van der Waals surface area contributed by atoms with Gasteiger partial charge in [-0.25, -0.2) is 14.8 Å². The topological polar surface area (TPSA) is 280 Å². The molecule has 0 radical (unpaired) electrons. The van der Waals surface area contributed by atoms with Crippen molar-refractivity contribution >= 4 is 52.0 Å². The number of aromatic nitrogens is 8. The van der Waals surface area contributed by atoms with Gasteiger partial charge in [-0.05, 0) is 53.3 Å². The molecule has 0 saturated heterocycles. The lowest BCUT2D eigenvalue weighted by Crippen LogP contribution is -2.41. The molecule has 0 saturated carbocycles. The average molecular weight is 668 g/mol. The Bertz CT molecular complexity index is 2010. The Morgan fingerprint density at radius 2 is 1.76 bits per heavy atom. The summed E-state index contributed by atoms with van der Waals surface area (Å²) in [6.45, 7) is 6.46. The van der Waals surface area contributed by atoms with Crippen LogP contribution in [0.4, 0.5) is 23.1 Å². The maximum Gasteiger partial charge on any atom is 0.326 e. The molecule has 49 heavy (non-hydrogen) atoms. The van der Waals surface area contributed by atoms with Crippen molar-refractivity contribution in [1.29, 1.82) is 0 Å². The van der Waals surface area contributed by atoms with Crippen molar-refractivity contribution in [3.63, 3.8) is 0 Å². The number of hydrogen-bond donors (Lipinski definition) is 7. The van der Waals surface area contributed by atoms with Crippen LogP contribution in [0.15, 0.2) is 42.6 Å². The first-order valence-corrected chi connectivity index (χ1v) is 15.4. The summed E-state index contributed by atoms with van der Waals surface area (Å²) in [6.07, 6.45) is 2.59. The molecule has 5 aromatic rings. The molecule has 0 bridgehead atoms. The number of amides is 1. The Balaban J connectivity index is 1.15. The second kappa shape index (κ2) is 14.2. The highest BCUT2D eigenvalue weighted by Gasteiger charge is 2.23. The molecule has 254 valence electrons. The number of nitrogens with zero attached hydrogens (tertiary/aromatic N) is 7. The molecule has 2 aromatic carbocycles. The first-order chi connectivity index (χ1) is 23.3. The van der Waals surface area contributed by atoms with Crippen molar-refractivity contribution in [2.45, 2.75) is 64.5 Å². The number of hydrogen-bond acceptors (Lipinski definition) is 14. The molecular formula is C32H37N13O4. The van der Waals surface area contributed by atoms with Crippen LogP contribution in [0.3, 0.4) is 0 Å². The average Bonchev–Trinajstić information content (AvgIpc) is 3.59. The van der Waals surface area contributed by atoms with Crippen molar-refractivity contribution < 1.29 is 19.5 Å². The number of carboxylic acids is 1. The van der Waals surface area contributed by atoms with Gasteiger partial charge >= 0.3 is 5.97 Å². The number of Topliss-reactive ketones (excluding diaryl/α,β-unsaturated/α-hetero) is 1. The summed E-state index contributed by atoms with van der Waals surface area (Å²) in [5, 5.41) is 29.7. The van der Waals surface area contributed by atoms with Gasteiger partial charge in [-0.3, -0.25) is 9.59 Å². The number of unbranched alkanes of at least 4 members (excludes halogenated alkanes) is 1. The van der Waals surface area contributed by atoms with E-state index in [2.05, 4.69) is 72.0 Å². The Morgan fingerprint density at radius 1 is 0.980 bits per heavy atom. The van der Waals surface area contributed by atoms with Crippen LogP contribution >= 0.6 is 0 Å². The molecule has 0 fully saturated rings. The SMILES string of the molecule is CC(C)(C)c1ccc(C(=O)CCCC[C@H](NC(=O)c2ccc(NCc3cnc4nc(N)nc(N)c4n3)cc2N)C(=O)O)c(-c2nn[nH]n2)c1. The number of nitrogen functional groups attached to an aromatic ring is 3. The number of rotatable bonds is 13. The van der Waals surface area contributed by atoms with Crippen LogP contribution in [0.2, 0.25) is 0 Å². The summed E-state index contributed by atoms with van der Waals surface area (Å²) in [7, 11) is 0. The van der Waals surface area contributed by atoms with E-state index in [0.717, 1.165) is 5.56 Å². The lowest BCUT2D eigenvalue weighted by Gasteiger charge is -2.20. The van der Waals surface area contributed by atoms with E-state index < -0.39 is 17.9 Å². The number of aliphatic carboxylic acids is 1. The van der Waals surface area contributed by atoms with Gasteiger partial charge in [0.05, 0.1) is 24.0 Å². The third-order valence-corrected chi connectivity index (χ3v) is 7.79. The highest BCUT2D eigenvalue weighted by Crippen LogP contribution is 2.30. The van der Waals surface area contributed by atoms with Crippen LogP contribution in [0.1, 0.15) is 78.4 Å². The van der Waals surface area contributed by atoms with Gasteiger partial charge < -0.3 is 32.9 Å². The van der Waals surface area contributed by atoms with Crippen LogP contribution in [-0.4, -0.2) is 69.4 Å². The Hall–Kier alpha value is -6.26. The van der Waals surface area contributed by atoms with E-state index in [0.29, 0.717) is 46.7 Å². The van der Waals surface area contributed by atoms with Crippen molar-refractivity contribution in [3.05, 3.63) is 65.0 Å². The Labute approximate surface area is 280 Å². The number of carbonyl (C=O) groups excluding carboxylic acids is 2. The normalized spacial score (nSPS) is 12.1. The predicted molar refractivity (Wildman–Crippen MR) is 182 cm³/mol. The first-order valence-electron chi connectivity index (χ1n) is 15.4. The van der Waals surface area contributed by atoms with Gasteiger partial charge in [0, 0.05) is 28.9 Å². The van der Waals surface area contributed by atoms with Crippen LogP contribution in [0.25, 0.3) is 22.6 Å². The zero-order valence-corrected chi connectivity index (χ0v) is 27.2. The van der Waals surface area contributed by atoms with E-state index in [1.807, 2.05) is 12.1 Å². The fourth-order valence-corrected chi connectivity index (χ4v) is 5.12. The van der Waals surface area contributed by atoms with E-state index in [9.17, 15) is 19.5 Å². The monoisotopic (exact) mass is 667 g/mol. The van der Waals surface area contributed by atoms with Gasteiger partial charge in [-0.15, -0.1) is 10.2 Å². The fraction of sp³-hybridized carbons (Fsp3) is 0.312. The maximum absolute atomic E-state index is 13.2. The molecule has 1 atom stereocenters. The summed E-state index contributed by atoms with van der Waals surface area (Å²) in [5.74, 6) is -1.53. The molecule has 1 amide bonds.